The zero-order valence-electron chi connectivity index (χ0n) is 16.8. The summed E-state index contributed by atoms with van der Waals surface area (Å²) in [6.07, 6.45) is 1.47. The van der Waals surface area contributed by atoms with Gasteiger partial charge in [0.2, 0.25) is 0 Å². The Balaban J connectivity index is 0.00000300. The summed E-state index contributed by atoms with van der Waals surface area (Å²) in [7, 11) is 1.74. The van der Waals surface area contributed by atoms with Crippen LogP contribution < -0.4 is 10.6 Å². The van der Waals surface area contributed by atoms with E-state index in [2.05, 4.69) is 20.8 Å². The number of hydrogen-bond donors (Lipinski definition) is 2. The first-order chi connectivity index (χ1) is 13.7. The molecular weight excluding hydrogens is 485 g/mol. The molecule has 1 aromatic heterocycles. The minimum atomic E-state index is -0.233. The van der Waals surface area contributed by atoms with Crippen molar-refractivity contribution >= 4 is 36.0 Å². The van der Waals surface area contributed by atoms with Crippen molar-refractivity contribution in [3.63, 3.8) is 0 Å². The second-order valence-corrected chi connectivity index (χ2v) is 6.58. The lowest BCUT2D eigenvalue weighted by molar-refractivity contribution is 0.0963. The minimum absolute atomic E-state index is 0. The maximum atomic E-state index is 11.8. The normalized spacial score (nSPS) is 14.8. The minimum Gasteiger partial charge on any atom is -0.450 e. The molecule has 29 heavy (non-hydrogen) atoms. The number of amides is 1. The number of carbonyl (C=O) groups is 1. The molecule has 1 saturated heterocycles. The second-order valence-electron chi connectivity index (χ2n) is 6.58. The molecule has 0 bridgehead atoms. The molecule has 8 nitrogen and oxygen atoms in total. The molecule has 1 aliphatic rings. The first-order valence-electron chi connectivity index (χ1n) is 9.59. The Bertz CT molecular complexity index is 788. The number of likely N-dealkylation sites (tertiary alicyclic amines) is 1. The van der Waals surface area contributed by atoms with E-state index in [-0.39, 0.29) is 36.1 Å². The van der Waals surface area contributed by atoms with Crippen molar-refractivity contribution in [1.82, 2.24) is 20.7 Å². The van der Waals surface area contributed by atoms with Gasteiger partial charge in [-0.15, -0.1) is 24.0 Å². The number of benzene rings is 1. The third-order valence-corrected chi connectivity index (χ3v) is 4.64. The molecule has 0 saturated carbocycles. The number of nitrogens with zero attached hydrogens (tertiary/aromatic N) is 3. The van der Waals surface area contributed by atoms with Gasteiger partial charge in [-0.05, 0) is 19.8 Å². The molecule has 3 rings (SSSR count). The summed E-state index contributed by atoms with van der Waals surface area (Å²) in [5.74, 6) is 1.45. The second kappa shape index (κ2) is 11.6. The lowest BCUT2D eigenvalue weighted by Crippen LogP contribution is -2.49. The quantitative estimate of drug-likeness (QED) is 0.363. The highest BCUT2D eigenvalue weighted by Gasteiger charge is 2.24. The molecule has 0 atom stereocenters. The number of piperidine rings is 1. The van der Waals surface area contributed by atoms with Crippen LogP contribution in [0.1, 0.15) is 25.5 Å². The lowest BCUT2D eigenvalue weighted by Gasteiger charge is -2.32. The van der Waals surface area contributed by atoms with Crippen LogP contribution in [0.5, 0.6) is 0 Å². The van der Waals surface area contributed by atoms with Crippen LogP contribution in [-0.2, 0) is 11.3 Å². The van der Waals surface area contributed by atoms with Gasteiger partial charge in [0.15, 0.2) is 11.7 Å². The number of aliphatic imine (C=N–C) groups is 1. The Labute approximate surface area is 188 Å². The number of guanidine groups is 1. The van der Waals surface area contributed by atoms with Gasteiger partial charge in [0.25, 0.3) is 0 Å². The van der Waals surface area contributed by atoms with Crippen LogP contribution in [0.2, 0.25) is 0 Å². The van der Waals surface area contributed by atoms with Crippen LogP contribution in [0.3, 0.4) is 0 Å². The summed E-state index contributed by atoms with van der Waals surface area (Å²) in [4.78, 5) is 17.8. The van der Waals surface area contributed by atoms with Crippen molar-refractivity contribution in [1.29, 1.82) is 0 Å². The number of aromatic nitrogens is 1. The summed E-state index contributed by atoms with van der Waals surface area (Å²) in [5.41, 5.74) is 1.80. The Kier molecular flexibility index (Phi) is 9.23. The highest BCUT2D eigenvalue weighted by Crippen LogP contribution is 2.19. The van der Waals surface area contributed by atoms with Crippen LogP contribution in [0.25, 0.3) is 11.3 Å². The molecule has 1 fully saturated rings. The molecule has 2 N–H and O–H groups in total. The predicted octanol–water partition coefficient (Wildman–Crippen LogP) is 3.25. The monoisotopic (exact) mass is 513 g/mol. The molecule has 0 radical (unpaired) electrons. The number of carbonyl (C=O) groups excluding carboxylic acids is 1. The molecule has 158 valence electrons. The third kappa shape index (κ3) is 6.62. The molecular formula is C20H28IN5O3. The number of halogens is 1. The molecule has 2 heterocycles. The molecule has 1 amide bonds. The van der Waals surface area contributed by atoms with Crippen molar-refractivity contribution < 1.29 is 14.1 Å². The summed E-state index contributed by atoms with van der Waals surface area (Å²) in [6.45, 7) is 4.09. The van der Waals surface area contributed by atoms with Crippen LogP contribution in [0, 0.1) is 0 Å². The van der Waals surface area contributed by atoms with E-state index in [9.17, 15) is 4.79 Å². The summed E-state index contributed by atoms with van der Waals surface area (Å²) >= 11 is 0. The van der Waals surface area contributed by atoms with E-state index in [4.69, 9.17) is 9.26 Å². The Hall–Kier alpha value is -2.30. The summed E-state index contributed by atoms with van der Waals surface area (Å²) in [5, 5.41) is 10.8. The third-order valence-electron chi connectivity index (χ3n) is 4.64. The number of ether oxygens (including phenoxy) is 1. The van der Waals surface area contributed by atoms with Gasteiger partial charge in [-0.3, -0.25) is 4.99 Å². The molecule has 9 heteroatoms. The van der Waals surface area contributed by atoms with Gasteiger partial charge in [0.1, 0.15) is 5.69 Å². The molecule has 1 aliphatic heterocycles. The van der Waals surface area contributed by atoms with Gasteiger partial charge in [-0.2, -0.15) is 0 Å². The lowest BCUT2D eigenvalue weighted by atomic mass is 10.1. The zero-order valence-corrected chi connectivity index (χ0v) is 19.1. The average molecular weight is 513 g/mol. The number of rotatable bonds is 5. The Morgan fingerprint density at radius 1 is 1.31 bits per heavy atom. The fourth-order valence-corrected chi connectivity index (χ4v) is 3.12. The fourth-order valence-electron chi connectivity index (χ4n) is 3.12. The van der Waals surface area contributed by atoms with E-state index in [1.54, 1.807) is 11.9 Å². The van der Waals surface area contributed by atoms with Crippen molar-refractivity contribution in [3.8, 4) is 11.3 Å². The molecule has 2 aromatic rings. The SMILES string of the molecule is CCOC(=O)N1CCC(NC(=NC)NCc2cc(-c3ccccc3)on2)CC1.I. The van der Waals surface area contributed by atoms with E-state index in [1.165, 1.54) is 0 Å². The molecule has 0 spiro atoms. The summed E-state index contributed by atoms with van der Waals surface area (Å²) < 4.78 is 10.5. The van der Waals surface area contributed by atoms with E-state index in [0.717, 1.165) is 29.9 Å². The molecule has 0 unspecified atom stereocenters. The van der Waals surface area contributed by atoms with Gasteiger partial charge in [0.05, 0.1) is 13.2 Å². The first-order valence-corrected chi connectivity index (χ1v) is 9.59. The highest BCUT2D eigenvalue weighted by molar-refractivity contribution is 14.0. The van der Waals surface area contributed by atoms with E-state index in [0.29, 0.717) is 32.2 Å². The standard InChI is InChI=1S/C20H27N5O3.HI/c1-3-27-20(26)25-11-9-16(10-12-25)23-19(21-2)22-14-17-13-18(28-24-17)15-7-5-4-6-8-15;/h4-8,13,16H,3,9-12,14H2,1-2H3,(H2,21,22,23);1H. The predicted molar refractivity (Wildman–Crippen MR) is 122 cm³/mol. The van der Waals surface area contributed by atoms with E-state index >= 15 is 0 Å². The van der Waals surface area contributed by atoms with Gasteiger partial charge in [-0.1, -0.05) is 35.5 Å². The smallest absolute Gasteiger partial charge is 0.409 e. The van der Waals surface area contributed by atoms with Crippen molar-refractivity contribution in [2.75, 3.05) is 26.7 Å². The maximum absolute atomic E-state index is 11.8. The van der Waals surface area contributed by atoms with Gasteiger partial charge in [-0.25, -0.2) is 4.79 Å². The largest absolute Gasteiger partial charge is 0.450 e. The van der Waals surface area contributed by atoms with Crippen molar-refractivity contribution in [2.45, 2.75) is 32.4 Å². The van der Waals surface area contributed by atoms with Crippen LogP contribution in [0.4, 0.5) is 4.79 Å². The van der Waals surface area contributed by atoms with Crippen LogP contribution in [0.15, 0.2) is 45.9 Å². The Morgan fingerprint density at radius 3 is 2.69 bits per heavy atom. The van der Waals surface area contributed by atoms with E-state index < -0.39 is 0 Å². The van der Waals surface area contributed by atoms with Crippen molar-refractivity contribution in [3.05, 3.63) is 42.1 Å². The molecule has 0 aliphatic carbocycles. The number of hydrogen-bond acceptors (Lipinski definition) is 5. The molecule has 1 aromatic carbocycles. The van der Waals surface area contributed by atoms with E-state index in [1.807, 2.05) is 43.3 Å². The number of nitrogens with one attached hydrogen (secondary N) is 2. The van der Waals surface area contributed by atoms with Gasteiger partial charge < -0.3 is 24.8 Å². The van der Waals surface area contributed by atoms with Crippen LogP contribution in [-0.4, -0.2) is 54.9 Å². The highest BCUT2D eigenvalue weighted by atomic mass is 127. The fraction of sp³-hybridized carbons (Fsp3) is 0.450. The van der Waals surface area contributed by atoms with Gasteiger partial charge >= 0.3 is 6.09 Å². The average Bonchev–Trinajstić information content (AvgIpc) is 3.21. The first kappa shape index (κ1) is 23.0. The van der Waals surface area contributed by atoms with Crippen LogP contribution >= 0.6 is 24.0 Å². The topological polar surface area (TPSA) is 92.0 Å². The Morgan fingerprint density at radius 2 is 2.03 bits per heavy atom. The maximum Gasteiger partial charge on any atom is 0.409 e. The summed E-state index contributed by atoms with van der Waals surface area (Å²) in [6, 6.07) is 12.1. The zero-order chi connectivity index (χ0) is 19.8. The van der Waals surface area contributed by atoms with Crippen molar-refractivity contribution in [2.24, 2.45) is 4.99 Å². The van der Waals surface area contributed by atoms with Gasteiger partial charge in [0, 0.05) is 37.8 Å².